The van der Waals surface area contributed by atoms with Gasteiger partial charge in [-0.1, -0.05) is 18.6 Å². The molecule has 5 nitrogen and oxygen atoms in total. The van der Waals surface area contributed by atoms with Crippen molar-refractivity contribution in [2.24, 2.45) is 0 Å². The average molecular weight is 379 g/mol. The van der Waals surface area contributed by atoms with E-state index in [4.69, 9.17) is 5.21 Å². The van der Waals surface area contributed by atoms with E-state index in [9.17, 15) is 18.0 Å². The zero-order valence-electron chi connectivity index (χ0n) is 14.9. The number of halogens is 3. The van der Waals surface area contributed by atoms with Crippen molar-refractivity contribution in [2.45, 2.75) is 44.8 Å². The molecule has 1 fully saturated rings. The smallest absolute Gasteiger partial charge is 0.360 e. The standard InChI is InChI=1S/C19H20F3N3O2/c1-3-12-8-13(17(26)25-27)10-23-16(12)24-18(4-5-18)14-6-11(2)7-15(9-14)19(20,21)22/h6-10,27H,3-5H2,1-2H3,(H,23,24)(H,25,26). The Morgan fingerprint density at radius 1 is 1.26 bits per heavy atom. The van der Waals surface area contributed by atoms with Crippen LogP contribution in [0.5, 0.6) is 0 Å². The number of pyridine rings is 1. The molecule has 0 radical (unpaired) electrons. The first kappa shape index (κ1) is 19.2. The molecule has 0 spiro atoms. The molecule has 27 heavy (non-hydrogen) atoms. The van der Waals surface area contributed by atoms with Crippen molar-refractivity contribution in [2.75, 3.05) is 5.32 Å². The molecule has 0 unspecified atom stereocenters. The molecule has 3 N–H and O–H groups in total. The minimum absolute atomic E-state index is 0.208. The molecule has 8 heteroatoms. The van der Waals surface area contributed by atoms with Gasteiger partial charge in [-0.25, -0.2) is 10.5 Å². The summed E-state index contributed by atoms with van der Waals surface area (Å²) >= 11 is 0. The number of anilines is 1. The van der Waals surface area contributed by atoms with Crippen LogP contribution in [0.25, 0.3) is 0 Å². The van der Waals surface area contributed by atoms with Crippen molar-refractivity contribution in [1.29, 1.82) is 0 Å². The van der Waals surface area contributed by atoms with E-state index >= 15 is 0 Å². The molecule has 144 valence electrons. The van der Waals surface area contributed by atoms with Gasteiger partial charge in [-0.15, -0.1) is 0 Å². The summed E-state index contributed by atoms with van der Waals surface area (Å²) in [6.45, 7) is 3.53. The van der Waals surface area contributed by atoms with Crippen molar-refractivity contribution in [1.82, 2.24) is 10.5 Å². The quantitative estimate of drug-likeness (QED) is 0.538. The fourth-order valence-corrected chi connectivity index (χ4v) is 3.14. The van der Waals surface area contributed by atoms with Crippen LogP contribution in [0.3, 0.4) is 0 Å². The first-order valence-electron chi connectivity index (χ1n) is 8.59. The predicted molar refractivity (Wildman–Crippen MR) is 93.6 cm³/mol. The number of aryl methyl sites for hydroxylation is 2. The Bertz CT molecular complexity index is 877. The first-order chi connectivity index (χ1) is 12.7. The number of aromatic nitrogens is 1. The van der Waals surface area contributed by atoms with E-state index in [0.717, 1.165) is 11.6 Å². The van der Waals surface area contributed by atoms with E-state index < -0.39 is 23.2 Å². The first-order valence-corrected chi connectivity index (χ1v) is 8.59. The van der Waals surface area contributed by atoms with Crippen LogP contribution in [0.15, 0.2) is 30.5 Å². The number of hydroxylamine groups is 1. The van der Waals surface area contributed by atoms with Gasteiger partial charge in [0.25, 0.3) is 5.91 Å². The van der Waals surface area contributed by atoms with Gasteiger partial charge in [0.15, 0.2) is 0 Å². The number of hydrogen-bond donors (Lipinski definition) is 3. The van der Waals surface area contributed by atoms with Crippen LogP contribution in [0.1, 0.15) is 52.4 Å². The molecular formula is C19H20F3N3O2. The van der Waals surface area contributed by atoms with E-state index in [0.29, 0.717) is 36.2 Å². The number of amides is 1. The number of hydrogen-bond acceptors (Lipinski definition) is 4. The molecule has 2 aromatic rings. The third-order valence-electron chi connectivity index (χ3n) is 4.78. The maximum absolute atomic E-state index is 13.2. The summed E-state index contributed by atoms with van der Waals surface area (Å²) in [6.07, 6.45) is -1.13. The van der Waals surface area contributed by atoms with Crippen LogP contribution in [-0.2, 0) is 18.1 Å². The van der Waals surface area contributed by atoms with Gasteiger partial charge in [-0.05, 0) is 55.5 Å². The Morgan fingerprint density at radius 3 is 2.52 bits per heavy atom. The highest BCUT2D eigenvalue weighted by Crippen LogP contribution is 2.49. The maximum atomic E-state index is 13.2. The van der Waals surface area contributed by atoms with Crippen molar-refractivity contribution < 1.29 is 23.2 Å². The molecule has 0 bridgehead atoms. The largest absolute Gasteiger partial charge is 0.416 e. The summed E-state index contributed by atoms with van der Waals surface area (Å²) in [5.74, 6) is -0.141. The fraction of sp³-hybridized carbons (Fsp3) is 0.368. The van der Waals surface area contributed by atoms with Crippen molar-refractivity contribution in [3.63, 3.8) is 0 Å². The van der Waals surface area contributed by atoms with E-state index in [1.807, 2.05) is 6.92 Å². The lowest BCUT2D eigenvalue weighted by molar-refractivity contribution is -0.137. The third kappa shape index (κ3) is 3.90. The van der Waals surface area contributed by atoms with Crippen LogP contribution in [0, 0.1) is 6.92 Å². The second kappa shape index (κ2) is 6.84. The predicted octanol–water partition coefficient (Wildman–Crippen LogP) is 4.19. The minimum atomic E-state index is -4.40. The lowest BCUT2D eigenvalue weighted by atomic mass is 9.98. The average Bonchev–Trinajstić information content (AvgIpc) is 3.41. The number of nitrogens with one attached hydrogen (secondary N) is 2. The van der Waals surface area contributed by atoms with Gasteiger partial charge in [-0.2, -0.15) is 13.2 Å². The SMILES string of the molecule is CCc1cc(C(=O)NO)cnc1NC1(c2cc(C)cc(C(F)(F)F)c2)CC1. The molecule has 1 aliphatic rings. The number of benzene rings is 1. The monoisotopic (exact) mass is 379 g/mol. The van der Waals surface area contributed by atoms with Crippen molar-refractivity contribution in [3.05, 3.63) is 58.3 Å². The normalized spacial score (nSPS) is 15.3. The zero-order valence-corrected chi connectivity index (χ0v) is 14.9. The minimum Gasteiger partial charge on any atom is -0.360 e. The van der Waals surface area contributed by atoms with Crippen LogP contribution >= 0.6 is 0 Å². The second-order valence-corrected chi connectivity index (χ2v) is 6.82. The van der Waals surface area contributed by atoms with Crippen LogP contribution in [0.4, 0.5) is 19.0 Å². The van der Waals surface area contributed by atoms with Gasteiger partial charge in [0.05, 0.1) is 16.7 Å². The van der Waals surface area contributed by atoms with Crippen LogP contribution in [0.2, 0.25) is 0 Å². The molecule has 1 aromatic heterocycles. The summed E-state index contributed by atoms with van der Waals surface area (Å²) in [4.78, 5) is 15.8. The number of nitrogens with zero attached hydrogens (tertiary/aromatic N) is 1. The van der Waals surface area contributed by atoms with Gasteiger partial charge in [0.1, 0.15) is 5.82 Å². The highest BCUT2D eigenvalue weighted by Gasteiger charge is 2.46. The summed E-state index contributed by atoms with van der Waals surface area (Å²) in [5.41, 5.74) is 2.38. The number of alkyl halides is 3. The third-order valence-corrected chi connectivity index (χ3v) is 4.78. The highest BCUT2D eigenvalue weighted by atomic mass is 19.4. The van der Waals surface area contributed by atoms with E-state index in [1.165, 1.54) is 12.3 Å². The van der Waals surface area contributed by atoms with E-state index in [2.05, 4.69) is 10.3 Å². The van der Waals surface area contributed by atoms with Crippen LogP contribution in [-0.4, -0.2) is 16.1 Å². The van der Waals surface area contributed by atoms with Gasteiger partial charge in [-0.3, -0.25) is 10.0 Å². The van der Waals surface area contributed by atoms with Crippen molar-refractivity contribution in [3.8, 4) is 0 Å². The molecule has 1 amide bonds. The Kier molecular flexibility index (Phi) is 4.86. The van der Waals surface area contributed by atoms with Crippen LogP contribution < -0.4 is 10.8 Å². The number of rotatable bonds is 5. The van der Waals surface area contributed by atoms with Gasteiger partial charge in [0, 0.05) is 6.20 Å². The molecule has 0 saturated heterocycles. The summed E-state index contributed by atoms with van der Waals surface area (Å²) in [6, 6.07) is 5.69. The Labute approximate surface area is 154 Å². The van der Waals surface area contributed by atoms with Gasteiger partial charge < -0.3 is 5.32 Å². The van der Waals surface area contributed by atoms with Gasteiger partial charge >= 0.3 is 6.18 Å². The molecule has 3 rings (SSSR count). The molecular weight excluding hydrogens is 359 g/mol. The summed E-state index contributed by atoms with van der Waals surface area (Å²) in [5, 5.41) is 12.0. The highest BCUT2D eigenvalue weighted by molar-refractivity contribution is 5.93. The maximum Gasteiger partial charge on any atom is 0.416 e. The Morgan fingerprint density at radius 2 is 1.96 bits per heavy atom. The van der Waals surface area contributed by atoms with Crippen molar-refractivity contribution >= 4 is 11.7 Å². The van der Waals surface area contributed by atoms with Gasteiger partial charge in [0.2, 0.25) is 0 Å². The van der Waals surface area contributed by atoms with E-state index in [-0.39, 0.29) is 5.56 Å². The molecule has 1 heterocycles. The molecule has 1 saturated carbocycles. The van der Waals surface area contributed by atoms with E-state index in [1.54, 1.807) is 24.5 Å². The molecule has 0 aliphatic heterocycles. The Balaban J connectivity index is 1.94. The summed E-state index contributed by atoms with van der Waals surface area (Å²) in [7, 11) is 0. The molecule has 0 atom stereocenters. The number of carbonyl (C=O) groups excluding carboxylic acids is 1. The topological polar surface area (TPSA) is 74.2 Å². The molecule has 1 aliphatic carbocycles. The lowest BCUT2D eigenvalue weighted by Crippen LogP contribution is -2.23. The number of carbonyl (C=O) groups is 1. The second-order valence-electron chi connectivity index (χ2n) is 6.82. The Hall–Kier alpha value is -2.61. The zero-order chi connectivity index (χ0) is 19.8. The summed E-state index contributed by atoms with van der Waals surface area (Å²) < 4.78 is 39.5. The fourth-order valence-electron chi connectivity index (χ4n) is 3.14. The molecule has 1 aromatic carbocycles. The lowest BCUT2D eigenvalue weighted by Gasteiger charge is -2.22.